The molecule has 0 spiro atoms. The van der Waals surface area contributed by atoms with Gasteiger partial charge in [0.15, 0.2) is 0 Å². The van der Waals surface area contributed by atoms with Gasteiger partial charge in [0.25, 0.3) is 5.91 Å². The van der Waals surface area contributed by atoms with Gasteiger partial charge in [-0.3, -0.25) is 9.69 Å². The first kappa shape index (κ1) is 24.1. The highest BCUT2D eigenvalue weighted by Gasteiger charge is 2.09. The van der Waals surface area contributed by atoms with Gasteiger partial charge >= 0.3 is 0 Å². The number of nitrogens with one attached hydrogen (secondary N) is 2. The lowest BCUT2D eigenvalue weighted by atomic mass is 10.1. The summed E-state index contributed by atoms with van der Waals surface area (Å²) in [5.74, 6) is -0.00450. The van der Waals surface area contributed by atoms with E-state index in [-0.39, 0.29) is 5.91 Å². The van der Waals surface area contributed by atoms with E-state index in [9.17, 15) is 4.79 Å². The van der Waals surface area contributed by atoms with Crippen LogP contribution in [0.3, 0.4) is 0 Å². The standard InChI is InChI=1S/C25H37N3O2/c1-5-21-8-6-9-22(16-21)18-26-10-7-11-27-25(29)24-15-20(2)14-23(17-24)19-28(3)12-13-30-4/h6,8-9,14-17,26H,5,7,10-13,18-19H2,1-4H3,(H,27,29). The fourth-order valence-corrected chi connectivity index (χ4v) is 3.43. The normalized spacial score (nSPS) is 11.1. The van der Waals surface area contributed by atoms with E-state index in [2.05, 4.69) is 59.8 Å². The van der Waals surface area contributed by atoms with Crippen LogP contribution in [-0.4, -0.2) is 51.2 Å². The van der Waals surface area contributed by atoms with Gasteiger partial charge in [0, 0.05) is 38.9 Å². The molecular formula is C25H37N3O2. The molecule has 0 radical (unpaired) electrons. The number of aryl methyl sites for hydroxylation is 2. The Morgan fingerprint density at radius 3 is 2.63 bits per heavy atom. The lowest BCUT2D eigenvalue weighted by Gasteiger charge is -2.17. The van der Waals surface area contributed by atoms with Crippen molar-refractivity contribution in [2.45, 2.75) is 39.8 Å². The molecular weight excluding hydrogens is 374 g/mol. The van der Waals surface area contributed by atoms with E-state index < -0.39 is 0 Å². The van der Waals surface area contributed by atoms with Gasteiger partial charge in [0.2, 0.25) is 0 Å². The molecule has 0 atom stereocenters. The van der Waals surface area contributed by atoms with E-state index in [1.165, 1.54) is 11.1 Å². The molecule has 0 heterocycles. The molecule has 5 nitrogen and oxygen atoms in total. The second-order valence-corrected chi connectivity index (χ2v) is 7.90. The van der Waals surface area contributed by atoms with Gasteiger partial charge in [-0.25, -0.2) is 0 Å². The average Bonchev–Trinajstić information content (AvgIpc) is 2.74. The zero-order valence-corrected chi connectivity index (χ0v) is 19.0. The van der Waals surface area contributed by atoms with Gasteiger partial charge in [0.05, 0.1) is 6.61 Å². The molecule has 0 fully saturated rings. The van der Waals surface area contributed by atoms with Gasteiger partial charge in [-0.1, -0.05) is 42.8 Å². The highest BCUT2D eigenvalue weighted by Crippen LogP contribution is 2.12. The number of nitrogens with zero attached hydrogens (tertiary/aromatic N) is 1. The summed E-state index contributed by atoms with van der Waals surface area (Å²) in [6.07, 6.45) is 1.96. The van der Waals surface area contributed by atoms with Gasteiger partial charge < -0.3 is 15.4 Å². The summed E-state index contributed by atoms with van der Waals surface area (Å²) in [5, 5.41) is 6.50. The fraction of sp³-hybridized carbons (Fsp3) is 0.480. The summed E-state index contributed by atoms with van der Waals surface area (Å²) >= 11 is 0. The van der Waals surface area contributed by atoms with Crippen molar-refractivity contribution in [1.29, 1.82) is 0 Å². The largest absolute Gasteiger partial charge is 0.383 e. The van der Waals surface area contributed by atoms with Crippen molar-refractivity contribution in [2.24, 2.45) is 0 Å². The minimum atomic E-state index is -0.00450. The minimum absolute atomic E-state index is 0.00450. The first-order valence-electron chi connectivity index (χ1n) is 10.9. The van der Waals surface area contributed by atoms with Crippen LogP contribution < -0.4 is 10.6 Å². The van der Waals surface area contributed by atoms with E-state index in [1.54, 1.807) is 7.11 Å². The lowest BCUT2D eigenvalue weighted by molar-refractivity contribution is 0.0953. The molecule has 0 aliphatic carbocycles. The Morgan fingerprint density at radius 1 is 1.07 bits per heavy atom. The van der Waals surface area contributed by atoms with Crippen molar-refractivity contribution in [1.82, 2.24) is 15.5 Å². The summed E-state index contributed by atoms with van der Waals surface area (Å²) in [6.45, 7) is 8.97. The van der Waals surface area contributed by atoms with Gasteiger partial charge in [-0.05, 0) is 62.2 Å². The topological polar surface area (TPSA) is 53.6 Å². The van der Waals surface area contributed by atoms with E-state index in [4.69, 9.17) is 4.74 Å². The third-order valence-corrected chi connectivity index (χ3v) is 5.07. The first-order valence-corrected chi connectivity index (χ1v) is 10.9. The molecule has 0 aliphatic heterocycles. The number of benzene rings is 2. The van der Waals surface area contributed by atoms with E-state index in [1.807, 2.05) is 19.1 Å². The Bertz CT molecular complexity index is 792. The van der Waals surface area contributed by atoms with Crippen LogP contribution in [0.4, 0.5) is 0 Å². The molecule has 0 aromatic heterocycles. The second-order valence-electron chi connectivity index (χ2n) is 7.90. The smallest absolute Gasteiger partial charge is 0.251 e. The summed E-state index contributed by atoms with van der Waals surface area (Å²) in [5.41, 5.74) is 5.66. The highest BCUT2D eigenvalue weighted by molar-refractivity contribution is 5.94. The molecule has 0 bridgehead atoms. The second kappa shape index (κ2) is 13.2. The fourth-order valence-electron chi connectivity index (χ4n) is 3.43. The summed E-state index contributed by atoms with van der Waals surface area (Å²) in [4.78, 5) is 14.8. The Balaban J connectivity index is 1.73. The van der Waals surface area contributed by atoms with Gasteiger partial charge in [-0.15, -0.1) is 0 Å². The van der Waals surface area contributed by atoms with Crippen molar-refractivity contribution in [2.75, 3.05) is 40.4 Å². The molecule has 0 saturated heterocycles. The molecule has 1 amide bonds. The predicted octanol–water partition coefficient (Wildman–Crippen LogP) is 3.55. The first-order chi connectivity index (χ1) is 14.5. The SMILES string of the molecule is CCc1cccc(CNCCCNC(=O)c2cc(C)cc(CN(C)CCOC)c2)c1. The molecule has 5 heteroatoms. The van der Waals surface area contributed by atoms with E-state index >= 15 is 0 Å². The zero-order chi connectivity index (χ0) is 21.8. The van der Waals surface area contributed by atoms with Gasteiger partial charge in [-0.2, -0.15) is 0 Å². The predicted molar refractivity (Wildman–Crippen MR) is 124 cm³/mol. The van der Waals surface area contributed by atoms with Crippen molar-refractivity contribution in [3.63, 3.8) is 0 Å². The van der Waals surface area contributed by atoms with Gasteiger partial charge in [0.1, 0.15) is 0 Å². The molecule has 2 N–H and O–H groups in total. The highest BCUT2D eigenvalue weighted by atomic mass is 16.5. The van der Waals surface area contributed by atoms with Crippen LogP contribution in [-0.2, 0) is 24.2 Å². The maximum absolute atomic E-state index is 12.6. The van der Waals surface area contributed by atoms with Crippen LogP contribution in [0, 0.1) is 6.92 Å². The summed E-state index contributed by atoms with van der Waals surface area (Å²) in [6, 6.07) is 14.7. The number of amides is 1. The molecule has 2 rings (SSSR count). The third-order valence-electron chi connectivity index (χ3n) is 5.07. The number of likely N-dealkylation sites (N-methyl/N-ethyl adjacent to an activating group) is 1. The minimum Gasteiger partial charge on any atom is -0.383 e. The molecule has 0 saturated carbocycles. The quantitative estimate of drug-likeness (QED) is 0.495. The van der Waals surface area contributed by atoms with Crippen LogP contribution >= 0.6 is 0 Å². The number of carbonyl (C=O) groups is 1. The number of rotatable bonds is 13. The molecule has 0 unspecified atom stereocenters. The molecule has 2 aromatic rings. The molecule has 30 heavy (non-hydrogen) atoms. The summed E-state index contributed by atoms with van der Waals surface area (Å²) in [7, 11) is 3.77. The van der Waals surface area contributed by atoms with Crippen molar-refractivity contribution < 1.29 is 9.53 Å². The van der Waals surface area contributed by atoms with Crippen LogP contribution in [0.1, 0.15) is 46.0 Å². The lowest BCUT2D eigenvalue weighted by Crippen LogP contribution is -2.27. The molecule has 2 aromatic carbocycles. The molecule has 164 valence electrons. The van der Waals surface area contributed by atoms with Crippen molar-refractivity contribution in [3.8, 4) is 0 Å². The van der Waals surface area contributed by atoms with Crippen LogP contribution in [0.2, 0.25) is 0 Å². The Kier molecular flexibility index (Phi) is 10.6. The average molecular weight is 412 g/mol. The Morgan fingerprint density at radius 2 is 1.87 bits per heavy atom. The summed E-state index contributed by atoms with van der Waals surface area (Å²) < 4.78 is 5.13. The van der Waals surface area contributed by atoms with Crippen LogP contribution in [0.25, 0.3) is 0 Å². The van der Waals surface area contributed by atoms with Crippen molar-refractivity contribution in [3.05, 3.63) is 70.3 Å². The van der Waals surface area contributed by atoms with Crippen LogP contribution in [0.15, 0.2) is 42.5 Å². The monoisotopic (exact) mass is 411 g/mol. The van der Waals surface area contributed by atoms with E-state index in [0.29, 0.717) is 13.2 Å². The van der Waals surface area contributed by atoms with E-state index in [0.717, 1.165) is 55.7 Å². The number of methoxy groups -OCH3 is 1. The Labute approximate surface area is 181 Å². The number of hydrogen-bond acceptors (Lipinski definition) is 4. The number of ether oxygens (including phenoxy) is 1. The van der Waals surface area contributed by atoms with Crippen LogP contribution in [0.5, 0.6) is 0 Å². The zero-order valence-electron chi connectivity index (χ0n) is 19.0. The maximum atomic E-state index is 12.6. The third kappa shape index (κ3) is 8.66. The number of hydrogen-bond donors (Lipinski definition) is 2. The van der Waals surface area contributed by atoms with Crippen molar-refractivity contribution >= 4 is 5.91 Å². The number of carbonyl (C=O) groups excluding carboxylic acids is 1. The Hall–Kier alpha value is -2.21. The molecule has 0 aliphatic rings. The maximum Gasteiger partial charge on any atom is 0.251 e.